The number of H-pyrrole nitrogens is 1. The summed E-state index contributed by atoms with van der Waals surface area (Å²) in [5.74, 6) is 0.202. The lowest BCUT2D eigenvalue weighted by molar-refractivity contribution is 0.0611. The second-order valence-electron chi connectivity index (χ2n) is 5.93. The molecule has 4 nitrogen and oxygen atoms in total. The van der Waals surface area contributed by atoms with Crippen molar-refractivity contribution >= 4 is 17.2 Å². The van der Waals surface area contributed by atoms with Crippen LogP contribution in [-0.4, -0.2) is 27.5 Å². The minimum Gasteiger partial charge on any atom is -0.329 e. The molecule has 0 unspecified atom stereocenters. The topological polar surface area (TPSA) is 49.0 Å². The first-order valence-electron chi connectivity index (χ1n) is 7.75. The Morgan fingerprint density at radius 3 is 3.10 bits per heavy atom. The van der Waals surface area contributed by atoms with E-state index in [1.807, 2.05) is 11.0 Å². The molecule has 0 radical (unpaired) electrons. The molecule has 0 saturated carbocycles. The van der Waals surface area contributed by atoms with Gasteiger partial charge in [0.1, 0.15) is 0 Å². The molecule has 4 rings (SSSR count). The summed E-state index contributed by atoms with van der Waals surface area (Å²) >= 11 is 1.71. The molecule has 2 aliphatic rings. The Bertz CT molecular complexity index is 625. The minimum atomic E-state index is 0.158. The number of rotatable bonds is 2. The van der Waals surface area contributed by atoms with Crippen LogP contribution in [0, 0.1) is 0 Å². The van der Waals surface area contributed by atoms with Gasteiger partial charge in [-0.25, -0.2) is 0 Å². The number of hydrogen-bond acceptors (Lipinski definition) is 3. The van der Waals surface area contributed by atoms with Crippen LogP contribution in [0.25, 0.3) is 0 Å². The summed E-state index contributed by atoms with van der Waals surface area (Å²) in [6.07, 6.45) is 8.61. The Morgan fingerprint density at radius 2 is 2.29 bits per heavy atom. The van der Waals surface area contributed by atoms with E-state index in [4.69, 9.17) is 0 Å². The van der Waals surface area contributed by atoms with Gasteiger partial charge < -0.3 is 4.90 Å². The molecule has 21 heavy (non-hydrogen) atoms. The van der Waals surface area contributed by atoms with E-state index < -0.39 is 0 Å². The molecule has 1 fully saturated rings. The van der Waals surface area contributed by atoms with Crippen molar-refractivity contribution in [1.29, 1.82) is 0 Å². The lowest BCUT2D eigenvalue weighted by Crippen LogP contribution is -2.38. The second kappa shape index (κ2) is 5.30. The van der Waals surface area contributed by atoms with Crippen molar-refractivity contribution in [2.75, 3.05) is 6.54 Å². The molecule has 1 aliphatic carbocycles. The Balaban J connectivity index is 1.61. The van der Waals surface area contributed by atoms with Gasteiger partial charge in [-0.1, -0.05) is 0 Å². The van der Waals surface area contributed by atoms with Crippen LogP contribution in [0.4, 0.5) is 0 Å². The van der Waals surface area contributed by atoms with Crippen LogP contribution in [0.1, 0.15) is 57.5 Å². The van der Waals surface area contributed by atoms with Crippen molar-refractivity contribution in [2.24, 2.45) is 0 Å². The molecule has 2 aromatic rings. The fraction of sp³-hybridized carbons (Fsp3) is 0.500. The summed E-state index contributed by atoms with van der Waals surface area (Å²) in [5.41, 5.74) is 2.46. The fourth-order valence-corrected chi connectivity index (χ4v) is 4.74. The predicted octanol–water partition coefficient (Wildman–Crippen LogP) is 3.33. The molecule has 2 aromatic heterocycles. The zero-order valence-corrected chi connectivity index (χ0v) is 12.8. The average Bonchev–Trinajstić information content (AvgIpc) is 3.22. The first-order valence-corrected chi connectivity index (χ1v) is 8.56. The van der Waals surface area contributed by atoms with Crippen molar-refractivity contribution in [2.45, 2.75) is 44.6 Å². The third-order valence-corrected chi connectivity index (χ3v) is 5.83. The molecule has 1 aliphatic heterocycles. The first kappa shape index (κ1) is 13.1. The van der Waals surface area contributed by atoms with Gasteiger partial charge >= 0.3 is 0 Å². The number of nitrogens with one attached hydrogen (secondary N) is 1. The van der Waals surface area contributed by atoms with E-state index in [1.54, 1.807) is 17.5 Å². The van der Waals surface area contributed by atoms with Crippen LogP contribution < -0.4 is 0 Å². The van der Waals surface area contributed by atoms with Crippen molar-refractivity contribution < 1.29 is 4.79 Å². The molecule has 1 N–H and O–H groups in total. The molecule has 1 amide bonds. The maximum Gasteiger partial charge on any atom is 0.264 e. The minimum absolute atomic E-state index is 0.158. The highest BCUT2D eigenvalue weighted by molar-refractivity contribution is 7.14. The smallest absolute Gasteiger partial charge is 0.264 e. The molecule has 0 spiro atoms. The number of fused-ring (bicyclic) bond motifs is 1. The van der Waals surface area contributed by atoms with Crippen molar-refractivity contribution in [3.05, 3.63) is 39.3 Å². The Hall–Kier alpha value is -1.62. The van der Waals surface area contributed by atoms with E-state index in [0.717, 1.165) is 42.8 Å². The van der Waals surface area contributed by atoms with Crippen LogP contribution in [0.5, 0.6) is 0 Å². The van der Waals surface area contributed by atoms with Gasteiger partial charge in [0, 0.05) is 17.6 Å². The molecule has 110 valence electrons. The van der Waals surface area contributed by atoms with E-state index in [-0.39, 0.29) is 11.9 Å². The van der Waals surface area contributed by atoms with Crippen LogP contribution >= 0.6 is 11.3 Å². The average molecular weight is 301 g/mol. The monoisotopic (exact) mass is 301 g/mol. The van der Waals surface area contributed by atoms with Crippen molar-refractivity contribution in [3.8, 4) is 0 Å². The second-order valence-corrected chi connectivity index (χ2v) is 7.07. The van der Waals surface area contributed by atoms with Gasteiger partial charge in [0.25, 0.3) is 5.91 Å². The third-order valence-electron chi connectivity index (χ3n) is 4.60. The number of likely N-dealkylation sites (tertiary alicyclic amines) is 1. The highest BCUT2D eigenvalue weighted by atomic mass is 32.1. The molecule has 0 bridgehead atoms. The molecule has 1 atom stereocenters. The zero-order chi connectivity index (χ0) is 14.2. The van der Waals surface area contributed by atoms with E-state index in [1.165, 1.54) is 23.3 Å². The summed E-state index contributed by atoms with van der Waals surface area (Å²) < 4.78 is 0. The van der Waals surface area contributed by atoms with Crippen LogP contribution in [0.15, 0.2) is 18.3 Å². The fourth-order valence-electron chi connectivity index (χ4n) is 3.53. The molecule has 3 heterocycles. The lowest BCUT2D eigenvalue weighted by atomic mass is 9.99. The number of piperidine rings is 1. The molecular weight excluding hydrogens is 282 g/mol. The molecular formula is C16H19N3OS. The van der Waals surface area contributed by atoms with Crippen LogP contribution in [-0.2, 0) is 12.8 Å². The summed E-state index contributed by atoms with van der Waals surface area (Å²) in [6.45, 7) is 0.852. The summed E-state index contributed by atoms with van der Waals surface area (Å²) in [4.78, 5) is 17.3. The van der Waals surface area contributed by atoms with E-state index in [0.29, 0.717) is 0 Å². The van der Waals surface area contributed by atoms with Gasteiger partial charge in [0.05, 0.1) is 16.6 Å². The summed E-state index contributed by atoms with van der Waals surface area (Å²) in [5, 5.41) is 7.09. The number of aryl methyl sites for hydroxylation is 2. The van der Waals surface area contributed by atoms with Gasteiger partial charge in [-0.15, -0.1) is 11.3 Å². The molecule has 1 saturated heterocycles. The van der Waals surface area contributed by atoms with Crippen LogP contribution in [0.3, 0.4) is 0 Å². The quantitative estimate of drug-likeness (QED) is 0.925. The Kier molecular flexibility index (Phi) is 3.30. The number of hydrogen-bond donors (Lipinski definition) is 1. The largest absolute Gasteiger partial charge is 0.329 e. The SMILES string of the molecule is O=C(c1cc2c(s1)CCC2)N1CCCC[C@H]1c1ccn[nH]1. The Morgan fingerprint density at radius 1 is 1.33 bits per heavy atom. The number of carbonyl (C=O) groups is 1. The highest BCUT2D eigenvalue weighted by Crippen LogP contribution is 2.35. The lowest BCUT2D eigenvalue weighted by Gasteiger charge is -2.34. The molecule has 0 aromatic carbocycles. The number of aromatic amines is 1. The standard InChI is InChI=1S/C16H19N3OS/c20-16(15-10-11-4-3-6-14(11)21-15)19-9-2-1-5-13(19)12-7-8-17-18-12/h7-8,10,13H,1-6,9H2,(H,17,18)/t13-/m0/s1. The van der Waals surface area contributed by atoms with E-state index in [2.05, 4.69) is 16.3 Å². The maximum atomic E-state index is 12.9. The number of nitrogens with zero attached hydrogens (tertiary/aromatic N) is 2. The summed E-state index contributed by atoms with van der Waals surface area (Å²) in [6, 6.07) is 4.28. The van der Waals surface area contributed by atoms with Crippen LogP contribution in [0.2, 0.25) is 0 Å². The number of thiophene rings is 1. The molecule has 5 heteroatoms. The maximum absolute atomic E-state index is 12.9. The number of carbonyl (C=O) groups excluding carboxylic acids is 1. The normalized spacial score (nSPS) is 21.5. The van der Waals surface area contributed by atoms with Crippen molar-refractivity contribution in [3.63, 3.8) is 0 Å². The van der Waals surface area contributed by atoms with E-state index in [9.17, 15) is 4.79 Å². The third kappa shape index (κ3) is 2.29. The first-order chi connectivity index (χ1) is 10.3. The van der Waals surface area contributed by atoms with Gasteiger partial charge in [-0.3, -0.25) is 9.89 Å². The number of amides is 1. The zero-order valence-electron chi connectivity index (χ0n) is 12.0. The van der Waals surface area contributed by atoms with Gasteiger partial charge in [-0.05, 0) is 56.2 Å². The van der Waals surface area contributed by atoms with Gasteiger partial charge in [0.15, 0.2) is 0 Å². The van der Waals surface area contributed by atoms with Gasteiger partial charge in [-0.2, -0.15) is 5.10 Å². The number of aromatic nitrogens is 2. The van der Waals surface area contributed by atoms with Crippen molar-refractivity contribution in [1.82, 2.24) is 15.1 Å². The van der Waals surface area contributed by atoms with E-state index >= 15 is 0 Å². The Labute approximate surface area is 128 Å². The predicted molar refractivity (Wildman–Crippen MR) is 82.6 cm³/mol. The summed E-state index contributed by atoms with van der Waals surface area (Å²) in [7, 11) is 0. The van der Waals surface area contributed by atoms with Gasteiger partial charge in [0.2, 0.25) is 0 Å². The highest BCUT2D eigenvalue weighted by Gasteiger charge is 2.31.